The van der Waals surface area contributed by atoms with Crippen molar-refractivity contribution in [3.63, 3.8) is 0 Å². The average molecular weight is 237 g/mol. The van der Waals surface area contributed by atoms with Gasteiger partial charge in [0.15, 0.2) is 0 Å². The van der Waals surface area contributed by atoms with Crippen LogP contribution in [0.2, 0.25) is 0 Å². The Balaban J connectivity index is 3.00. The Morgan fingerprint density at radius 2 is 2.06 bits per heavy atom. The lowest BCUT2D eigenvalue weighted by molar-refractivity contribution is -0.119. The molecule has 0 heterocycles. The second-order valence-corrected chi connectivity index (χ2v) is 3.52. The number of primary amides is 1. The Hall–Kier alpha value is -2.24. The molecule has 1 aromatic rings. The summed E-state index contributed by atoms with van der Waals surface area (Å²) in [6.07, 6.45) is 0. The molecule has 1 atom stereocenters. The van der Waals surface area contributed by atoms with Crippen molar-refractivity contribution in [3.05, 3.63) is 23.8 Å². The number of ether oxygens (including phenoxy) is 1. The van der Waals surface area contributed by atoms with Crippen molar-refractivity contribution in [2.75, 3.05) is 12.8 Å². The number of nitrogens with two attached hydrogens (primary N) is 2. The Labute approximate surface area is 98.9 Å². The molecule has 0 aliphatic rings. The highest BCUT2D eigenvalue weighted by Crippen LogP contribution is 2.23. The fraction of sp³-hybridized carbons (Fsp3) is 0.273. The molecule has 0 aromatic heterocycles. The third-order valence-corrected chi connectivity index (χ3v) is 2.28. The molecular weight excluding hydrogens is 222 g/mol. The van der Waals surface area contributed by atoms with E-state index in [9.17, 15) is 9.59 Å². The first-order valence-electron chi connectivity index (χ1n) is 5.00. The van der Waals surface area contributed by atoms with E-state index in [0.717, 1.165) is 0 Å². The number of nitrogen functional groups attached to an aromatic ring is 1. The SMILES string of the molecule is COc1cccc(N)c1C(=O)NC(C)C(N)=O. The smallest absolute Gasteiger partial charge is 0.257 e. The molecular formula is C11H15N3O3. The van der Waals surface area contributed by atoms with E-state index in [4.69, 9.17) is 16.2 Å². The molecule has 0 radical (unpaired) electrons. The Kier molecular flexibility index (Phi) is 3.92. The van der Waals surface area contributed by atoms with Gasteiger partial charge in [-0.05, 0) is 19.1 Å². The molecule has 0 aliphatic heterocycles. The minimum Gasteiger partial charge on any atom is -0.496 e. The summed E-state index contributed by atoms with van der Waals surface area (Å²) in [6.45, 7) is 1.49. The predicted octanol–water partition coefficient (Wildman–Crippen LogP) is -0.119. The van der Waals surface area contributed by atoms with Crippen LogP contribution in [0.3, 0.4) is 0 Å². The lowest BCUT2D eigenvalue weighted by atomic mass is 10.1. The zero-order valence-electron chi connectivity index (χ0n) is 9.69. The van der Waals surface area contributed by atoms with Gasteiger partial charge in [-0.15, -0.1) is 0 Å². The van der Waals surface area contributed by atoms with Gasteiger partial charge in [-0.25, -0.2) is 0 Å². The molecule has 1 aromatic carbocycles. The number of benzene rings is 1. The summed E-state index contributed by atoms with van der Waals surface area (Å²) in [5.41, 5.74) is 11.2. The van der Waals surface area contributed by atoms with Crippen molar-refractivity contribution in [1.29, 1.82) is 0 Å². The molecule has 0 saturated heterocycles. The van der Waals surface area contributed by atoms with Gasteiger partial charge in [-0.3, -0.25) is 9.59 Å². The standard InChI is InChI=1S/C11H15N3O3/c1-6(10(13)15)14-11(16)9-7(12)4-3-5-8(9)17-2/h3-6H,12H2,1-2H3,(H2,13,15)(H,14,16). The summed E-state index contributed by atoms with van der Waals surface area (Å²) < 4.78 is 5.03. The maximum Gasteiger partial charge on any atom is 0.257 e. The number of nitrogens with one attached hydrogen (secondary N) is 1. The van der Waals surface area contributed by atoms with Crippen molar-refractivity contribution >= 4 is 17.5 Å². The molecule has 17 heavy (non-hydrogen) atoms. The van der Waals surface area contributed by atoms with E-state index >= 15 is 0 Å². The lowest BCUT2D eigenvalue weighted by Gasteiger charge is -2.14. The zero-order valence-corrected chi connectivity index (χ0v) is 9.69. The highest BCUT2D eigenvalue weighted by atomic mass is 16.5. The number of hydrogen-bond donors (Lipinski definition) is 3. The molecule has 5 N–H and O–H groups in total. The lowest BCUT2D eigenvalue weighted by Crippen LogP contribution is -2.42. The Morgan fingerprint density at radius 1 is 1.41 bits per heavy atom. The molecule has 2 amide bonds. The van der Waals surface area contributed by atoms with Crippen LogP contribution in [0.4, 0.5) is 5.69 Å². The average Bonchev–Trinajstić information content (AvgIpc) is 2.27. The fourth-order valence-corrected chi connectivity index (χ4v) is 1.30. The second-order valence-electron chi connectivity index (χ2n) is 3.52. The molecule has 1 rings (SSSR count). The molecule has 6 nitrogen and oxygen atoms in total. The molecule has 6 heteroatoms. The van der Waals surface area contributed by atoms with E-state index in [2.05, 4.69) is 5.32 Å². The van der Waals surface area contributed by atoms with Crippen molar-refractivity contribution in [1.82, 2.24) is 5.32 Å². The zero-order chi connectivity index (χ0) is 13.0. The number of methoxy groups -OCH3 is 1. The highest BCUT2D eigenvalue weighted by molar-refractivity contribution is 6.03. The van der Waals surface area contributed by atoms with Gasteiger partial charge >= 0.3 is 0 Å². The third-order valence-electron chi connectivity index (χ3n) is 2.28. The van der Waals surface area contributed by atoms with E-state index in [-0.39, 0.29) is 11.3 Å². The molecule has 1 unspecified atom stereocenters. The molecule has 0 fully saturated rings. The van der Waals surface area contributed by atoms with Crippen LogP contribution >= 0.6 is 0 Å². The van der Waals surface area contributed by atoms with Crippen molar-refractivity contribution < 1.29 is 14.3 Å². The Morgan fingerprint density at radius 3 is 2.59 bits per heavy atom. The minimum absolute atomic E-state index is 0.197. The van der Waals surface area contributed by atoms with Crippen LogP contribution in [0, 0.1) is 0 Å². The normalized spacial score (nSPS) is 11.6. The summed E-state index contributed by atoms with van der Waals surface area (Å²) in [5.74, 6) is -0.766. The minimum atomic E-state index is -0.771. The van der Waals surface area contributed by atoms with Crippen LogP contribution in [0.25, 0.3) is 0 Å². The monoisotopic (exact) mass is 237 g/mol. The van der Waals surface area contributed by atoms with E-state index in [0.29, 0.717) is 5.75 Å². The number of rotatable bonds is 4. The van der Waals surface area contributed by atoms with E-state index in [1.54, 1.807) is 18.2 Å². The van der Waals surface area contributed by atoms with E-state index in [1.807, 2.05) is 0 Å². The van der Waals surface area contributed by atoms with E-state index in [1.165, 1.54) is 14.0 Å². The van der Waals surface area contributed by atoms with Gasteiger partial charge in [0.05, 0.1) is 7.11 Å². The van der Waals surface area contributed by atoms with Crippen molar-refractivity contribution in [2.24, 2.45) is 5.73 Å². The first kappa shape index (κ1) is 12.8. The summed E-state index contributed by atoms with van der Waals surface area (Å²) in [7, 11) is 1.43. The number of amides is 2. The number of carbonyl (C=O) groups excluding carboxylic acids is 2. The van der Waals surface area contributed by atoms with Gasteiger partial charge in [0.1, 0.15) is 17.4 Å². The van der Waals surface area contributed by atoms with Crippen molar-refractivity contribution in [2.45, 2.75) is 13.0 Å². The first-order chi connectivity index (χ1) is 7.97. The quantitative estimate of drug-likeness (QED) is 0.634. The van der Waals surface area contributed by atoms with Crippen LogP contribution in [0.1, 0.15) is 17.3 Å². The van der Waals surface area contributed by atoms with Crippen LogP contribution in [-0.4, -0.2) is 25.0 Å². The third kappa shape index (κ3) is 2.87. The van der Waals surface area contributed by atoms with Crippen molar-refractivity contribution in [3.8, 4) is 5.75 Å². The molecule has 0 bridgehead atoms. The summed E-state index contributed by atoms with van der Waals surface area (Å²) in [6, 6.07) is 4.08. The van der Waals surface area contributed by atoms with Crippen LogP contribution in [0.15, 0.2) is 18.2 Å². The maximum atomic E-state index is 11.9. The predicted molar refractivity (Wildman–Crippen MR) is 63.5 cm³/mol. The van der Waals surface area contributed by atoms with Crippen LogP contribution in [-0.2, 0) is 4.79 Å². The number of anilines is 1. The fourth-order valence-electron chi connectivity index (χ4n) is 1.30. The second kappa shape index (κ2) is 5.20. The van der Waals surface area contributed by atoms with E-state index < -0.39 is 17.9 Å². The van der Waals surface area contributed by atoms with Gasteiger partial charge in [-0.2, -0.15) is 0 Å². The number of hydrogen-bond acceptors (Lipinski definition) is 4. The molecule has 92 valence electrons. The van der Waals surface area contributed by atoms with Gasteiger partial charge in [0.2, 0.25) is 5.91 Å². The maximum absolute atomic E-state index is 11.9. The van der Waals surface area contributed by atoms with Gasteiger partial charge in [0, 0.05) is 5.69 Å². The number of carbonyl (C=O) groups is 2. The van der Waals surface area contributed by atoms with Crippen LogP contribution < -0.4 is 21.5 Å². The molecule has 0 saturated carbocycles. The summed E-state index contributed by atoms with van der Waals surface area (Å²) in [5, 5.41) is 2.44. The van der Waals surface area contributed by atoms with Crippen LogP contribution in [0.5, 0.6) is 5.75 Å². The molecule has 0 spiro atoms. The summed E-state index contributed by atoms with van der Waals surface area (Å²) >= 11 is 0. The largest absolute Gasteiger partial charge is 0.496 e. The Bertz CT molecular complexity index is 446. The van der Waals surface area contributed by atoms with Gasteiger partial charge in [-0.1, -0.05) is 6.07 Å². The summed E-state index contributed by atoms with van der Waals surface area (Å²) in [4.78, 5) is 22.7. The topological polar surface area (TPSA) is 107 Å². The first-order valence-corrected chi connectivity index (χ1v) is 5.00. The highest BCUT2D eigenvalue weighted by Gasteiger charge is 2.19. The van der Waals surface area contributed by atoms with Gasteiger partial charge in [0.25, 0.3) is 5.91 Å². The molecule has 0 aliphatic carbocycles. The van der Waals surface area contributed by atoms with Gasteiger partial charge < -0.3 is 21.5 Å².